The average molecular weight is 202 g/mol. The van der Waals surface area contributed by atoms with E-state index < -0.39 is 14.9 Å². The largest absolute Gasteiger partial charge is 0.273 e. The van der Waals surface area contributed by atoms with E-state index >= 15 is 0 Å². The number of hydrogen-bond acceptors (Lipinski definition) is 3. The van der Waals surface area contributed by atoms with Gasteiger partial charge < -0.3 is 0 Å². The standard InChI is InChI=1S/C9H14O3S/c1-5-6-3-7-8(5)12-13(10,11)9(7,2)4-6/h5-8H,3-4H2,1-2H3. The van der Waals surface area contributed by atoms with Crippen LogP contribution in [0.4, 0.5) is 0 Å². The first-order chi connectivity index (χ1) is 5.96. The summed E-state index contributed by atoms with van der Waals surface area (Å²) in [7, 11) is -3.26. The molecular formula is C9H14O3S. The van der Waals surface area contributed by atoms with E-state index in [1.54, 1.807) is 0 Å². The normalized spacial score (nSPS) is 61.7. The van der Waals surface area contributed by atoms with Gasteiger partial charge >= 0.3 is 0 Å². The van der Waals surface area contributed by atoms with Crippen LogP contribution in [0.1, 0.15) is 26.7 Å². The van der Waals surface area contributed by atoms with Crippen molar-refractivity contribution in [2.24, 2.45) is 17.8 Å². The maximum atomic E-state index is 11.7. The van der Waals surface area contributed by atoms with Gasteiger partial charge in [0.25, 0.3) is 10.1 Å². The zero-order chi connectivity index (χ0) is 9.43. The Labute approximate surface area is 78.6 Å². The first kappa shape index (κ1) is 8.24. The smallest absolute Gasteiger partial charge is 0.266 e. The van der Waals surface area contributed by atoms with Crippen molar-refractivity contribution in [3.63, 3.8) is 0 Å². The fourth-order valence-electron chi connectivity index (χ4n) is 3.55. The van der Waals surface area contributed by atoms with Crippen molar-refractivity contribution in [1.82, 2.24) is 0 Å². The van der Waals surface area contributed by atoms with E-state index in [-0.39, 0.29) is 12.0 Å². The van der Waals surface area contributed by atoms with E-state index in [4.69, 9.17) is 4.18 Å². The van der Waals surface area contributed by atoms with Crippen LogP contribution in [0.3, 0.4) is 0 Å². The average Bonchev–Trinajstić information content (AvgIpc) is 2.53. The molecule has 5 atom stereocenters. The van der Waals surface area contributed by atoms with Crippen molar-refractivity contribution in [3.05, 3.63) is 0 Å². The third-order valence-corrected chi connectivity index (χ3v) is 6.56. The summed E-state index contributed by atoms with van der Waals surface area (Å²) in [4.78, 5) is 0. The monoisotopic (exact) mass is 202 g/mol. The van der Waals surface area contributed by atoms with E-state index in [1.165, 1.54) is 0 Å². The highest BCUT2D eigenvalue weighted by Gasteiger charge is 2.69. The summed E-state index contributed by atoms with van der Waals surface area (Å²) in [6.45, 7) is 3.98. The van der Waals surface area contributed by atoms with Crippen LogP contribution in [0.15, 0.2) is 0 Å². The molecule has 5 unspecified atom stereocenters. The first-order valence-electron chi connectivity index (χ1n) is 4.88. The van der Waals surface area contributed by atoms with Crippen LogP contribution in [-0.2, 0) is 14.3 Å². The zero-order valence-electron chi connectivity index (χ0n) is 7.86. The van der Waals surface area contributed by atoms with E-state index in [0.29, 0.717) is 11.8 Å². The lowest BCUT2D eigenvalue weighted by Crippen LogP contribution is -2.37. The van der Waals surface area contributed by atoms with Crippen LogP contribution in [0.2, 0.25) is 0 Å². The highest BCUT2D eigenvalue weighted by atomic mass is 32.2. The fourth-order valence-corrected chi connectivity index (χ4v) is 5.39. The van der Waals surface area contributed by atoms with Gasteiger partial charge in [-0.25, -0.2) is 0 Å². The molecule has 0 spiro atoms. The van der Waals surface area contributed by atoms with E-state index in [2.05, 4.69) is 6.92 Å². The van der Waals surface area contributed by atoms with Crippen LogP contribution in [0.25, 0.3) is 0 Å². The Kier molecular flexibility index (Phi) is 1.24. The molecule has 13 heavy (non-hydrogen) atoms. The summed E-state index contributed by atoms with van der Waals surface area (Å²) in [6.07, 6.45) is 1.87. The summed E-state index contributed by atoms with van der Waals surface area (Å²) in [5.74, 6) is 1.30. The fraction of sp³-hybridized carbons (Fsp3) is 1.00. The molecule has 74 valence electrons. The molecule has 1 saturated heterocycles. The molecule has 1 heterocycles. The van der Waals surface area contributed by atoms with Crippen molar-refractivity contribution < 1.29 is 12.6 Å². The second-order valence-electron chi connectivity index (χ2n) is 4.99. The van der Waals surface area contributed by atoms with Crippen molar-refractivity contribution in [2.75, 3.05) is 0 Å². The SMILES string of the molecule is CC1C2CC3C1OS(=O)(=O)C3(C)C2. The topological polar surface area (TPSA) is 43.4 Å². The quantitative estimate of drug-likeness (QED) is 0.553. The summed E-state index contributed by atoms with van der Waals surface area (Å²) < 4.78 is 28.1. The highest BCUT2D eigenvalue weighted by molar-refractivity contribution is 7.88. The lowest BCUT2D eigenvalue weighted by molar-refractivity contribution is 0.129. The summed E-state index contributed by atoms with van der Waals surface area (Å²) in [5.41, 5.74) is 0. The maximum absolute atomic E-state index is 11.7. The maximum Gasteiger partial charge on any atom is 0.273 e. The van der Waals surface area contributed by atoms with Crippen molar-refractivity contribution in [1.29, 1.82) is 0 Å². The molecule has 0 aromatic carbocycles. The second kappa shape index (κ2) is 1.96. The van der Waals surface area contributed by atoms with Crippen molar-refractivity contribution >= 4 is 10.1 Å². The van der Waals surface area contributed by atoms with E-state index in [9.17, 15) is 8.42 Å². The Balaban J connectivity index is 2.18. The molecule has 4 heteroatoms. The Hall–Kier alpha value is -0.0900. The first-order valence-corrected chi connectivity index (χ1v) is 6.29. The number of rotatable bonds is 0. The molecule has 3 rings (SSSR count). The van der Waals surface area contributed by atoms with Crippen LogP contribution < -0.4 is 0 Å². The minimum absolute atomic E-state index is 0.00579. The number of hydrogen-bond donors (Lipinski definition) is 0. The van der Waals surface area contributed by atoms with Gasteiger partial charge in [-0.3, -0.25) is 4.18 Å². The summed E-state index contributed by atoms with van der Waals surface area (Å²) >= 11 is 0. The molecule has 3 aliphatic rings. The van der Waals surface area contributed by atoms with Gasteiger partial charge in [-0.15, -0.1) is 0 Å². The minimum atomic E-state index is -3.26. The molecule has 2 bridgehead atoms. The van der Waals surface area contributed by atoms with Crippen LogP contribution >= 0.6 is 0 Å². The van der Waals surface area contributed by atoms with Gasteiger partial charge in [0, 0.05) is 5.92 Å². The summed E-state index contributed by atoms with van der Waals surface area (Å²) in [5, 5.41) is 0. The molecule has 0 N–H and O–H groups in total. The van der Waals surface area contributed by atoms with Crippen LogP contribution in [0.5, 0.6) is 0 Å². The second-order valence-corrected chi connectivity index (χ2v) is 7.03. The predicted octanol–water partition coefficient (Wildman–Crippen LogP) is 1.15. The van der Waals surface area contributed by atoms with Crippen LogP contribution in [-0.4, -0.2) is 19.3 Å². The predicted molar refractivity (Wildman–Crippen MR) is 47.6 cm³/mol. The molecule has 2 aliphatic carbocycles. The Bertz CT molecular complexity index is 361. The van der Waals surface area contributed by atoms with Crippen molar-refractivity contribution in [2.45, 2.75) is 37.5 Å². The van der Waals surface area contributed by atoms with Gasteiger partial charge in [-0.2, -0.15) is 8.42 Å². The van der Waals surface area contributed by atoms with Crippen molar-refractivity contribution in [3.8, 4) is 0 Å². The van der Waals surface area contributed by atoms with Gasteiger partial charge in [0.1, 0.15) is 4.75 Å². The van der Waals surface area contributed by atoms with E-state index in [1.807, 2.05) is 6.92 Å². The Morgan fingerprint density at radius 3 is 2.69 bits per heavy atom. The molecule has 0 aromatic heterocycles. The Morgan fingerprint density at radius 1 is 1.46 bits per heavy atom. The molecular weight excluding hydrogens is 188 g/mol. The van der Waals surface area contributed by atoms with Crippen LogP contribution in [0, 0.1) is 17.8 Å². The third kappa shape index (κ3) is 0.699. The van der Waals surface area contributed by atoms with Gasteiger partial charge in [-0.1, -0.05) is 6.92 Å². The van der Waals surface area contributed by atoms with Gasteiger partial charge in [0.2, 0.25) is 0 Å². The van der Waals surface area contributed by atoms with E-state index in [0.717, 1.165) is 12.8 Å². The molecule has 3 fully saturated rings. The molecule has 3 nitrogen and oxygen atoms in total. The minimum Gasteiger partial charge on any atom is -0.266 e. The lowest BCUT2D eigenvalue weighted by atomic mass is 9.81. The van der Waals surface area contributed by atoms with Gasteiger partial charge in [-0.05, 0) is 31.6 Å². The molecule has 0 aromatic rings. The molecule has 2 saturated carbocycles. The molecule has 0 radical (unpaired) electrons. The third-order valence-electron chi connectivity index (χ3n) is 4.48. The Morgan fingerprint density at radius 2 is 2.15 bits per heavy atom. The van der Waals surface area contributed by atoms with Gasteiger partial charge in [0.15, 0.2) is 0 Å². The highest BCUT2D eigenvalue weighted by Crippen LogP contribution is 2.62. The molecule has 1 aliphatic heterocycles. The molecule has 0 amide bonds. The zero-order valence-corrected chi connectivity index (χ0v) is 8.67. The lowest BCUT2D eigenvalue weighted by Gasteiger charge is -2.27. The summed E-state index contributed by atoms with van der Waals surface area (Å²) in [6, 6.07) is 0. The van der Waals surface area contributed by atoms with Gasteiger partial charge in [0.05, 0.1) is 6.10 Å². The number of fused-ring (bicyclic) bond motifs is 1.